The largest absolute Gasteiger partial charge is 0.496 e. The molecule has 0 spiro atoms. The molecule has 0 heterocycles. The van der Waals surface area contributed by atoms with Crippen molar-refractivity contribution in [3.05, 3.63) is 29.6 Å². The van der Waals surface area contributed by atoms with Crippen molar-refractivity contribution in [1.29, 1.82) is 0 Å². The van der Waals surface area contributed by atoms with Crippen LogP contribution >= 0.6 is 0 Å². The second kappa shape index (κ2) is 5.72. The number of hydrogen-bond acceptors (Lipinski definition) is 2. The molecule has 0 aromatic heterocycles. The Morgan fingerprint density at radius 3 is 2.60 bits per heavy atom. The Kier molecular flexibility index (Phi) is 4.38. The molecule has 0 bridgehead atoms. The topological polar surface area (TPSA) is 29.5 Å². The maximum Gasteiger partial charge on any atom is 0.123 e. The van der Waals surface area contributed by atoms with Gasteiger partial charge in [0.1, 0.15) is 11.6 Å². The number of aliphatic hydroxyl groups is 1. The number of rotatable bonds is 3. The van der Waals surface area contributed by atoms with Gasteiger partial charge >= 0.3 is 0 Å². The Bertz CT molecular complexity index is 470. The number of halogens is 1. The van der Waals surface area contributed by atoms with E-state index in [1.807, 2.05) is 0 Å². The SMILES string of the molecule is COc1ccc(F)cc1C(C)(C)C1CCC(C)CC1O. The molecule has 2 rings (SSSR count). The average molecular weight is 280 g/mol. The van der Waals surface area contributed by atoms with Crippen LogP contribution in [-0.2, 0) is 5.41 Å². The minimum Gasteiger partial charge on any atom is -0.496 e. The standard InChI is InChI=1S/C17H25FO2/c1-11-5-7-13(15(19)9-11)17(2,3)14-10-12(18)6-8-16(14)20-4/h6,8,10-11,13,15,19H,5,7,9H2,1-4H3. The molecule has 112 valence electrons. The Morgan fingerprint density at radius 1 is 1.30 bits per heavy atom. The van der Waals surface area contributed by atoms with Gasteiger partial charge in [-0.15, -0.1) is 0 Å². The predicted octanol–water partition coefficient (Wildman–Crippen LogP) is 3.91. The van der Waals surface area contributed by atoms with Crippen molar-refractivity contribution in [2.45, 2.75) is 51.6 Å². The molecular formula is C17H25FO2. The van der Waals surface area contributed by atoms with Crippen molar-refractivity contribution < 1.29 is 14.2 Å². The molecule has 0 aliphatic heterocycles. The second-order valence-electron chi connectivity index (χ2n) is 6.66. The number of methoxy groups -OCH3 is 1. The van der Waals surface area contributed by atoms with Crippen LogP contribution in [0.5, 0.6) is 5.75 Å². The molecule has 3 heteroatoms. The maximum absolute atomic E-state index is 13.6. The van der Waals surface area contributed by atoms with E-state index in [4.69, 9.17) is 4.74 Å². The highest BCUT2D eigenvalue weighted by Crippen LogP contribution is 2.45. The molecule has 1 aliphatic carbocycles. The van der Waals surface area contributed by atoms with Gasteiger partial charge < -0.3 is 9.84 Å². The first kappa shape index (κ1) is 15.3. The number of benzene rings is 1. The Labute approximate surface area is 121 Å². The van der Waals surface area contributed by atoms with Gasteiger partial charge in [0, 0.05) is 5.56 Å². The molecule has 1 aromatic rings. The lowest BCUT2D eigenvalue weighted by Crippen LogP contribution is -2.41. The van der Waals surface area contributed by atoms with E-state index in [0.29, 0.717) is 11.7 Å². The number of ether oxygens (including phenoxy) is 1. The smallest absolute Gasteiger partial charge is 0.123 e. The van der Waals surface area contributed by atoms with Crippen LogP contribution in [-0.4, -0.2) is 18.3 Å². The highest BCUT2D eigenvalue weighted by atomic mass is 19.1. The molecule has 1 fully saturated rings. The van der Waals surface area contributed by atoms with E-state index in [9.17, 15) is 9.50 Å². The van der Waals surface area contributed by atoms with Gasteiger partial charge in [-0.25, -0.2) is 4.39 Å². The molecule has 0 amide bonds. The van der Waals surface area contributed by atoms with Gasteiger partial charge in [0.15, 0.2) is 0 Å². The molecular weight excluding hydrogens is 255 g/mol. The van der Waals surface area contributed by atoms with Gasteiger partial charge in [0.05, 0.1) is 13.2 Å². The predicted molar refractivity (Wildman–Crippen MR) is 78.5 cm³/mol. The zero-order valence-corrected chi connectivity index (χ0v) is 12.8. The molecule has 20 heavy (non-hydrogen) atoms. The minimum atomic E-state index is -0.332. The highest BCUT2D eigenvalue weighted by Gasteiger charge is 2.40. The second-order valence-corrected chi connectivity index (χ2v) is 6.66. The fourth-order valence-corrected chi connectivity index (χ4v) is 3.58. The minimum absolute atomic E-state index is 0.134. The van der Waals surface area contributed by atoms with Crippen LogP contribution in [0.15, 0.2) is 18.2 Å². The fourth-order valence-electron chi connectivity index (χ4n) is 3.58. The van der Waals surface area contributed by atoms with Gasteiger partial charge in [0.2, 0.25) is 0 Å². The molecule has 0 saturated heterocycles. The van der Waals surface area contributed by atoms with Crippen molar-refractivity contribution in [3.63, 3.8) is 0 Å². The first-order chi connectivity index (χ1) is 9.36. The maximum atomic E-state index is 13.6. The van der Waals surface area contributed by atoms with Crippen molar-refractivity contribution in [1.82, 2.24) is 0 Å². The molecule has 3 unspecified atom stereocenters. The molecule has 2 nitrogen and oxygen atoms in total. The Morgan fingerprint density at radius 2 is 2.00 bits per heavy atom. The summed E-state index contributed by atoms with van der Waals surface area (Å²) in [5.41, 5.74) is 0.533. The molecule has 1 N–H and O–H groups in total. The summed E-state index contributed by atoms with van der Waals surface area (Å²) >= 11 is 0. The summed E-state index contributed by atoms with van der Waals surface area (Å²) in [6, 6.07) is 4.63. The van der Waals surface area contributed by atoms with Crippen molar-refractivity contribution in [2.24, 2.45) is 11.8 Å². The van der Waals surface area contributed by atoms with Crippen LogP contribution in [0.3, 0.4) is 0 Å². The van der Waals surface area contributed by atoms with Gasteiger partial charge in [-0.2, -0.15) is 0 Å². The van der Waals surface area contributed by atoms with Crippen LogP contribution in [0.2, 0.25) is 0 Å². The first-order valence-electron chi connectivity index (χ1n) is 7.38. The fraction of sp³-hybridized carbons (Fsp3) is 0.647. The number of hydrogen-bond donors (Lipinski definition) is 1. The number of aliphatic hydroxyl groups excluding tert-OH is 1. The van der Waals surface area contributed by atoms with Gasteiger partial charge in [0.25, 0.3) is 0 Å². The third kappa shape index (κ3) is 2.83. The summed E-state index contributed by atoms with van der Waals surface area (Å²) in [5, 5.41) is 10.4. The van der Waals surface area contributed by atoms with Crippen LogP contribution in [0.25, 0.3) is 0 Å². The Balaban J connectivity index is 2.36. The van der Waals surface area contributed by atoms with E-state index >= 15 is 0 Å². The zero-order chi connectivity index (χ0) is 14.9. The van der Waals surface area contributed by atoms with Gasteiger partial charge in [-0.05, 0) is 48.3 Å². The van der Waals surface area contributed by atoms with Crippen molar-refractivity contribution in [2.75, 3.05) is 7.11 Å². The summed E-state index contributed by atoms with van der Waals surface area (Å²) in [6.45, 7) is 6.33. The van der Waals surface area contributed by atoms with E-state index in [-0.39, 0.29) is 23.3 Å². The summed E-state index contributed by atoms with van der Waals surface area (Å²) in [4.78, 5) is 0. The third-order valence-electron chi connectivity index (χ3n) is 4.86. The monoisotopic (exact) mass is 280 g/mol. The van der Waals surface area contributed by atoms with E-state index < -0.39 is 0 Å². The molecule has 1 aromatic carbocycles. The molecule has 1 saturated carbocycles. The Hall–Kier alpha value is -1.09. The van der Waals surface area contributed by atoms with Crippen LogP contribution in [0.4, 0.5) is 4.39 Å². The molecule has 0 radical (unpaired) electrons. The van der Waals surface area contributed by atoms with Crippen LogP contribution < -0.4 is 4.74 Å². The summed E-state index contributed by atoms with van der Waals surface area (Å²) < 4.78 is 19.0. The van der Waals surface area contributed by atoms with Gasteiger partial charge in [-0.1, -0.05) is 27.2 Å². The van der Waals surface area contributed by atoms with E-state index in [1.54, 1.807) is 19.2 Å². The lowest BCUT2D eigenvalue weighted by atomic mass is 9.64. The first-order valence-corrected chi connectivity index (χ1v) is 7.38. The summed E-state index contributed by atoms with van der Waals surface area (Å²) in [6.07, 6.45) is 2.57. The third-order valence-corrected chi connectivity index (χ3v) is 4.86. The molecule has 1 aliphatic rings. The van der Waals surface area contributed by atoms with Crippen LogP contribution in [0, 0.1) is 17.7 Å². The lowest BCUT2D eigenvalue weighted by molar-refractivity contribution is 0.0137. The quantitative estimate of drug-likeness (QED) is 0.909. The van der Waals surface area contributed by atoms with E-state index in [1.165, 1.54) is 6.07 Å². The van der Waals surface area contributed by atoms with Crippen LogP contribution in [0.1, 0.15) is 45.6 Å². The van der Waals surface area contributed by atoms with E-state index in [0.717, 1.165) is 24.8 Å². The average Bonchev–Trinajstić information content (AvgIpc) is 2.38. The van der Waals surface area contributed by atoms with Gasteiger partial charge in [-0.3, -0.25) is 0 Å². The van der Waals surface area contributed by atoms with E-state index in [2.05, 4.69) is 20.8 Å². The zero-order valence-electron chi connectivity index (χ0n) is 12.8. The van der Waals surface area contributed by atoms with Crippen molar-refractivity contribution in [3.8, 4) is 5.75 Å². The normalized spacial score (nSPS) is 27.4. The lowest BCUT2D eigenvalue weighted by Gasteiger charge is -2.42. The van der Waals surface area contributed by atoms with Crippen molar-refractivity contribution >= 4 is 0 Å². The summed E-state index contributed by atoms with van der Waals surface area (Å²) in [5.74, 6) is 1.13. The molecule has 3 atom stereocenters. The highest BCUT2D eigenvalue weighted by molar-refractivity contribution is 5.40. The summed E-state index contributed by atoms with van der Waals surface area (Å²) in [7, 11) is 1.60.